The zero-order valence-corrected chi connectivity index (χ0v) is 20.2. The average Bonchev–Trinajstić information content (AvgIpc) is 2.76. The number of nitrogens with zero attached hydrogens (tertiary/aromatic N) is 1. The number of amides is 2. The van der Waals surface area contributed by atoms with E-state index in [2.05, 4.69) is 5.32 Å². The van der Waals surface area contributed by atoms with Crippen molar-refractivity contribution in [2.75, 3.05) is 19.6 Å². The third-order valence-electron chi connectivity index (χ3n) is 5.68. The summed E-state index contributed by atoms with van der Waals surface area (Å²) in [6.07, 6.45) is -4.89. The molecule has 190 valence electrons. The van der Waals surface area contributed by atoms with Crippen molar-refractivity contribution in [2.45, 2.75) is 32.5 Å². The van der Waals surface area contributed by atoms with Gasteiger partial charge in [0, 0.05) is 36.5 Å². The molecule has 0 aliphatic carbocycles. The van der Waals surface area contributed by atoms with Crippen molar-refractivity contribution in [3.8, 4) is 11.5 Å². The lowest BCUT2D eigenvalue weighted by atomic mass is 9.98. The van der Waals surface area contributed by atoms with Gasteiger partial charge in [-0.05, 0) is 74.7 Å². The normalized spacial score (nSPS) is 14.3. The number of carbonyl (C=O) groups excluding carboxylic acids is 2. The molecule has 4 rings (SSSR count). The van der Waals surface area contributed by atoms with Crippen molar-refractivity contribution >= 4 is 22.8 Å². The van der Waals surface area contributed by atoms with Crippen LogP contribution in [0.4, 0.5) is 18.0 Å². The number of hydrogen-bond donors (Lipinski definition) is 1. The van der Waals surface area contributed by atoms with Crippen molar-refractivity contribution in [3.05, 3.63) is 71.8 Å². The summed E-state index contributed by atoms with van der Waals surface area (Å²) in [5.74, 6) is 0.802. The molecule has 3 aromatic carbocycles. The second-order valence-electron chi connectivity index (χ2n) is 9.78. The maximum Gasteiger partial charge on any atom is 0.416 e. The minimum atomic E-state index is -4.41. The van der Waals surface area contributed by atoms with Gasteiger partial charge in [-0.15, -0.1) is 0 Å². The largest absolute Gasteiger partial charge is 0.457 e. The third kappa shape index (κ3) is 6.08. The fourth-order valence-electron chi connectivity index (χ4n) is 3.90. The summed E-state index contributed by atoms with van der Waals surface area (Å²) in [5, 5.41) is 4.24. The van der Waals surface area contributed by atoms with E-state index >= 15 is 0 Å². The molecule has 6 nitrogen and oxygen atoms in total. The smallest absolute Gasteiger partial charge is 0.416 e. The molecule has 0 aromatic heterocycles. The van der Waals surface area contributed by atoms with Crippen molar-refractivity contribution < 1.29 is 32.2 Å². The minimum Gasteiger partial charge on any atom is -0.457 e. The molecular weight excluding hydrogens is 473 g/mol. The Balaban J connectivity index is 1.37. The molecule has 1 aliphatic rings. The van der Waals surface area contributed by atoms with Gasteiger partial charge in [0.15, 0.2) is 0 Å². The Kier molecular flexibility index (Phi) is 6.84. The Morgan fingerprint density at radius 1 is 1.00 bits per heavy atom. The van der Waals surface area contributed by atoms with Crippen LogP contribution >= 0.6 is 0 Å². The van der Waals surface area contributed by atoms with Crippen LogP contribution in [0.3, 0.4) is 0 Å². The summed E-state index contributed by atoms with van der Waals surface area (Å²) in [7, 11) is 0. The number of alkyl carbamates (subject to hydrolysis) is 1. The van der Waals surface area contributed by atoms with E-state index in [1.807, 2.05) is 6.07 Å². The van der Waals surface area contributed by atoms with E-state index in [1.54, 1.807) is 56.0 Å². The first kappa shape index (κ1) is 25.3. The zero-order chi connectivity index (χ0) is 26.1. The molecule has 9 heteroatoms. The van der Waals surface area contributed by atoms with Gasteiger partial charge >= 0.3 is 12.3 Å². The third-order valence-corrected chi connectivity index (χ3v) is 5.68. The van der Waals surface area contributed by atoms with Gasteiger partial charge in [0.25, 0.3) is 5.91 Å². The minimum absolute atomic E-state index is 0.112. The Morgan fingerprint density at radius 2 is 1.69 bits per heavy atom. The highest BCUT2D eigenvalue weighted by Gasteiger charge is 2.32. The molecule has 0 atom stereocenters. The molecule has 0 unspecified atom stereocenters. The molecule has 1 aliphatic heterocycles. The second-order valence-corrected chi connectivity index (χ2v) is 9.78. The van der Waals surface area contributed by atoms with Gasteiger partial charge in [-0.3, -0.25) is 4.79 Å². The van der Waals surface area contributed by atoms with Crippen LogP contribution in [0.1, 0.15) is 36.7 Å². The molecule has 3 aromatic rings. The quantitative estimate of drug-likeness (QED) is 0.450. The predicted octanol–water partition coefficient (Wildman–Crippen LogP) is 6.25. The highest BCUT2D eigenvalue weighted by molar-refractivity contribution is 6.00. The predicted molar refractivity (Wildman–Crippen MR) is 129 cm³/mol. The van der Waals surface area contributed by atoms with E-state index in [-0.39, 0.29) is 17.6 Å². The summed E-state index contributed by atoms with van der Waals surface area (Å²) in [4.78, 5) is 26.4. The van der Waals surface area contributed by atoms with Crippen molar-refractivity contribution in [3.63, 3.8) is 0 Å². The number of likely N-dealkylation sites (tertiary alicyclic amines) is 1. The standard InChI is InChI=1S/C27H27F3N2O4/c1-26(2,3)36-25(34)31-14-17-15-32(16-17)24(33)19-7-12-22-18(13-19)5-4-6-23(22)35-21-10-8-20(9-11-21)27(28,29)30/h4-13,17H,14-16H2,1-3H3,(H,31,34). The summed E-state index contributed by atoms with van der Waals surface area (Å²) in [5.41, 5.74) is -0.790. The number of hydrogen-bond acceptors (Lipinski definition) is 4. The van der Waals surface area contributed by atoms with Gasteiger partial charge in [-0.2, -0.15) is 13.2 Å². The molecule has 36 heavy (non-hydrogen) atoms. The van der Waals surface area contributed by atoms with Crippen LogP contribution in [0.2, 0.25) is 0 Å². The zero-order valence-electron chi connectivity index (χ0n) is 20.2. The van der Waals surface area contributed by atoms with E-state index in [4.69, 9.17) is 9.47 Å². The van der Waals surface area contributed by atoms with E-state index in [0.717, 1.165) is 22.9 Å². The van der Waals surface area contributed by atoms with E-state index < -0.39 is 23.4 Å². The Labute approximate surface area is 207 Å². The van der Waals surface area contributed by atoms with Gasteiger partial charge in [0.05, 0.1) is 5.56 Å². The monoisotopic (exact) mass is 500 g/mol. The summed E-state index contributed by atoms with van der Waals surface area (Å²) in [6.45, 7) is 6.88. The van der Waals surface area contributed by atoms with Crippen LogP contribution in [0.25, 0.3) is 10.8 Å². The Morgan fingerprint density at radius 3 is 2.33 bits per heavy atom. The lowest BCUT2D eigenvalue weighted by molar-refractivity contribution is -0.137. The number of ether oxygens (including phenoxy) is 2. The number of carbonyl (C=O) groups is 2. The Bertz CT molecular complexity index is 1260. The number of fused-ring (bicyclic) bond motifs is 1. The maximum absolute atomic E-state index is 12.9. The molecule has 0 spiro atoms. The van der Waals surface area contributed by atoms with E-state index in [1.165, 1.54) is 12.1 Å². The van der Waals surface area contributed by atoms with Crippen LogP contribution in [0.5, 0.6) is 11.5 Å². The first-order chi connectivity index (χ1) is 16.9. The Hall–Kier alpha value is -3.75. The molecule has 2 amide bonds. The van der Waals surface area contributed by atoms with Gasteiger partial charge in [0.2, 0.25) is 0 Å². The first-order valence-corrected chi connectivity index (χ1v) is 11.5. The molecule has 1 heterocycles. The summed E-state index contributed by atoms with van der Waals surface area (Å²) in [6, 6.07) is 15.1. The number of benzene rings is 3. The topological polar surface area (TPSA) is 67.9 Å². The fraction of sp³-hybridized carbons (Fsp3) is 0.333. The number of rotatable bonds is 5. The van der Waals surface area contributed by atoms with Crippen LogP contribution < -0.4 is 10.1 Å². The van der Waals surface area contributed by atoms with Crippen LogP contribution in [0.15, 0.2) is 60.7 Å². The molecule has 0 bridgehead atoms. The van der Waals surface area contributed by atoms with Crippen molar-refractivity contribution in [2.24, 2.45) is 5.92 Å². The lowest BCUT2D eigenvalue weighted by Gasteiger charge is -2.39. The summed E-state index contributed by atoms with van der Waals surface area (Å²) >= 11 is 0. The molecule has 1 saturated heterocycles. The lowest BCUT2D eigenvalue weighted by Crippen LogP contribution is -2.54. The first-order valence-electron chi connectivity index (χ1n) is 11.5. The average molecular weight is 501 g/mol. The number of halogens is 3. The molecule has 1 N–H and O–H groups in total. The van der Waals surface area contributed by atoms with Gasteiger partial charge in [0.1, 0.15) is 17.1 Å². The fourth-order valence-corrected chi connectivity index (χ4v) is 3.90. The van der Waals surface area contributed by atoms with Gasteiger partial charge in [-0.1, -0.05) is 12.1 Å². The van der Waals surface area contributed by atoms with Gasteiger partial charge in [-0.25, -0.2) is 4.79 Å². The van der Waals surface area contributed by atoms with Crippen molar-refractivity contribution in [1.82, 2.24) is 10.2 Å². The van der Waals surface area contributed by atoms with Crippen LogP contribution in [-0.2, 0) is 10.9 Å². The molecular formula is C27H27F3N2O4. The second kappa shape index (κ2) is 9.72. The van der Waals surface area contributed by atoms with Crippen LogP contribution in [-0.4, -0.2) is 42.1 Å². The number of alkyl halides is 3. The van der Waals surface area contributed by atoms with Crippen molar-refractivity contribution in [1.29, 1.82) is 0 Å². The molecule has 0 saturated carbocycles. The van der Waals surface area contributed by atoms with Gasteiger partial charge < -0.3 is 19.7 Å². The van der Waals surface area contributed by atoms with E-state index in [9.17, 15) is 22.8 Å². The highest BCUT2D eigenvalue weighted by atomic mass is 19.4. The van der Waals surface area contributed by atoms with Crippen LogP contribution in [0, 0.1) is 5.92 Å². The maximum atomic E-state index is 12.9. The molecule has 0 radical (unpaired) electrons. The molecule has 1 fully saturated rings. The summed E-state index contributed by atoms with van der Waals surface area (Å²) < 4.78 is 49.4. The van der Waals surface area contributed by atoms with E-state index in [0.29, 0.717) is 30.9 Å². The number of nitrogens with one attached hydrogen (secondary N) is 1. The highest BCUT2D eigenvalue weighted by Crippen LogP contribution is 2.34. The SMILES string of the molecule is CC(C)(C)OC(=O)NCC1CN(C(=O)c2ccc3c(Oc4ccc(C(F)(F)F)cc4)cccc3c2)C1.